The molecule has 1 fully saturated rings. The molecule has 1 amide bonds. The van der Waals surface area contributed by atoms with Gasteiger partial charge in [-0.05, 0) is 86.9 Å². The number of carbonyl (C=O) groups excluding carboxylic acids is 1. The average molecular weight is 670 g/mol. The van der Waals surface area contributed by atoms with Crippen molar-refractivity contribution in [3.8, 4) is 0 Å². The Morgan fingerprint density at radius 3 is 2.42 bits per heavy atom. The predicted octanol–water partition coefficient (Wildman–Crippen LogP) is 6.80. The molecule has 0 unspecified atom stereocenters. The Bertz CT molecular complexity index is 1410. The molecule has 3 aromatic rings. The number of aromatic nitrogens is 3. The molecule has 0 aliphatic heterocycles. The first-order chi connectivity index (χ1) is 17.8. The van der Waals surface area contributed by atoms with E-state index in [2.05, 4.69) is 47.3 Å². The van der Waals surface area contributed by atoms with Gasteiger partial charge in [-0.15, -0.1) is 0 Å². The van der Waals surface area contributed by atoms with Crippen LogP contribution in [0.4, 0.5) is 30.7 Å². The molecule has 5 rings (SSSR count). The normalized spacial score (nSPS) is 20.4. The zero-order valence-electron chi connectivity index (χ0n) is 19.1. The minimum atomic E-state index is -4.97. The van der Waals surface area contributed by atoms with Crippen LogP contribution in [-0.2, 0) is 29.9 Å². The second-order valence-corrected chi connectivity index (χ2v) is 10.9. The number of carbonyl (C=O) groups is 1. The predicted molar refractivity (Wildman–Crippen MR) is 127 cm³/mol. The van der Waals surface area contributed by atoms with Gasteiger partial charge in [0.1, 0.15) is 28.5 Å². The Hall–Kier alpha value is -2.48. The number of nitrogens with zero attached hydrogens (tertiary/aromatic N) is 3. The molecule has 5 nitrogen and oxygen atoms in total. The van der Waals surface area contributed by atoms with Crippen molar-refractivity contribution >= 4 is 37.8 Å². The molecule has 38 heavy (non-hydrogen) atoms. The maximum atomic E-state index is 15.1. The van der Waals surface area contributed by atoms with E-state index in [0.717, 1.165) is 12.1 Å². The van der Waals surface area contributed by atoms with E-state index in [1.54, 1.807) is 12.1 Å². The molecule has 0 saturated heterocycles. The van der Waals surface area contributed by atoms with E-state index >= 15 is 8.78 Å². The van der Waals surface area contributed by atoms with Crippen molar-refractivity contribution in [2.24, 2.45) is 5.92 Å². The minimum Gasteiger partial charge on any atom is -0.346 e. The van der Waals surface area contributed by atoms with Crippen LogP contribution in [0.3, 0.4) is 0 Å². The summed E-state index contributed by atoms with van der Waals surface area (Å²) in [6.07, 6.45) is -4.87. The van der Waals surface area contributed by atoms with Crippen molar-refractivity contribution in [3.63, 3.8) is 0 Å². The van der Waals surface area contributed by atoms with Crippen LogP contribution >= 0.6 is 31.9 Å². The topological polar surface area (TPSA) is 59.8 Å². The summed E-state index contributed by atoms with van der Waals surface area (Å²) in [5, 5.41) is 5.95. The Morgan fingerprint density at radius 2 is 1.82 bits per heavy atom. The highest BCUT2D eigenvalue weighted by Crippen LogP contribution is 2.63. The van der Waals surface area contributed by atoms with E-state index in [4.69, 9.17) is 0 Å². The maximum absolute atomic E-state index is 15.1. The van der Waals surface area contributed by atoms with Crippen molar-refractivity contribution in [3.05, 3.63) is 79.3 Å². The van der Waals surface area contributed by atoms with Crippen LogP contribution in [0.5, 0.6) is 0 Å². The number of pyridine rings is 1. The number of halogens is 9. The molecule has 2 aliphatic rings. The first-order valence-corrected chi connectivity index (χ1v) is 13.0. The van der Waals surface area contributed by atoms with E-state index in [-0.39, 0.29) is 30.5 Å². The summed E-state index contributed by atoms with van der Waals surface area (Å²) in [4.78, 5) is 17.4. The van der Waals surface area contributed by atoms with Crippen molar-refractivity contribution in [1.29, 1.82) is 0 Å². The molecule has 0 radical (unpaired) electrons. The van der Waals surface area contributed by atoms with Crippen molar-refractivity contribution in [2.45, 2.75) is 49.9 Å². The zero-order valence-corrected chi connectivity index (χ0v) is 22.3. The highest BCUT2D eigenvalue weighted by atomic mass is 79.9. The molecule has 3 atom stereocenters. The van der Waals surface area contributed by atoms with Gasteiger partial charge in [-0.25, -0.2) is 13.8 Å². The van der Waals surface area contributed by atoms with Crippen LogP contribution in [0.2, 0.25) is 0 Å². The summed E-state index contributed by atoms with van der Waals surface area (Å²) < 4.78 is 100. The number of amides is 1. The lowest BCUT2D eigenvalue weighted by Crippen LogP contribution is -2.36. The molecule has 1 aromatic carbocycles. The number of fused-ring (bicyclic) bond motifs is 3. The largest absolute Gasteiger partial charge is 0.435 e. The fourth-order valence-corrected chi connectivity index (χ4v) is 6.01. The van der Waals surface area contributed by atoms with Crippen LogP contribution in [-0.4, -0.2) is 20.7 Å². The molecule has 2 aliphatic carbocycles. The van der Waals surface area contributed by atoms with E-state index in [1.807, 2.05) is 0 Å². The smallest absolute Gasteiger partial charge is 0.346 e. The molecule has 2 aromatic heterocycles. The zero-order chi connectivity index (χ0) is 27.6. The van der Waals surface area contributed by atoms with Crippen LogP contribution < -0.4 is 5.32 Å². The maximum Gasteiger partial charge on any atom is 0.435 e. The van der Waals surface area contributed by atoms with Gasteiger partial charge in [0.25, 0.3) is 5.92 Å². The van der Waals surface area contributed by atoms with E-state index in [0.29, 0.717) is 19.8 Å². The first-order valence-electron chi connectivity index (χ1n) is 11.4. The van der Waals surface area contributed by atoms with Crippen molar-refractivity contribution in [2.75, 3.05) is 0 Å². The lowest BCUT2D eigenvalue weighted by molar-refractivity contribution is -0.144. The number of benzene rings is 1. The highest BCUT2D eigenvalue weighted by Gasteiger charge is 2.63. The molecule has 0 spiro atoms. The Labute approximate surface area is 228 Å². The average Bonchev–Trinajstić information content (AvgIpc) is 3.19. The summed E-state index contributed by atoms with van der Waals surface area (Å²) in [6, 6.07) is 4.95. The van der Waals surface area contributed by atoms with Gasteiger partial charge < -0.3 is 5.32 Å². The number of alkyl halides is 5. The third kappa shape index (κ3) is 4.85. The van der Waals surface area contributed by atoms with Crippen molar-refractivity contribution < 1.29 is 35.5 Å². The van der Waals surface area contributed by atoms with Gasteiger partial charge in [-0.3, -0.25) is 9.48 Å². The minimum absolute atomic E-state index is 0.0741. The monoisotopic (exact) mass is 668 g/mol. The van der Waals surface area contributed by atoms with Gasteiger partial charge in [0.05, 0.1) is 11.7 Å². The van der Waals surface area contributed by atoms with Crippen LogP contribution in [0.25, 0.3) is 0 Å². The van der Waals surface area contributed by atoms with E-state index in [1.165, 1.54) is 0 Å². The van der Waals surface area contributed by atoms with E-state index in [9.17, 15) is 26.7 Å². The third-order valence-corrected chi connectivity index (χ3v) is 7.96. The molecular weight excluding hydrogens is 653 g/mol. The van der Waals surface area contributed by atoms with Gasteiger partial charge in [0.2, 0.25) is 5.91 Å². The van der Waals surface area contributed by atoms with Gasteiger partial charge in [0.15, 0.2) is 5.69 Å². The molecule has 1 N–H and O–H groups in total. The first kappa shape index (κ1) is 27.1. The Morgan fingerprint density at radius 1 is 1.13 bits per heavy atom. The Kier molecular flexibility index (Phi) is 6.86. The number of nitrogens with one attached hydrogen (secondary N) is 1. The summed E-state index contributed by atoms with van der Waals surface area (Å²) in [7, 11) is 0. The molecule has 2 heterocycles. The summed E-state index contributed by atoms with van der Waals surface area (Å²) in [5.74, 6) is -8.43. The second-order valence-electron chi connectivity index (χ2n) is 9.28. The van der Waals surface area contributed by atoms with Crippen LogP contribution in [0.1, 0.15) is 53.0 Å². The van der Waals surface area contributed by atoms with Gasteiger partial charge in [-0.2, -0.15) is 27.1 Å². The quantitative estimate of drug-likeness (QED) is 0.232. The number of rotatable bonds is 6. The fourth-order valence-electron chi connectivity index (χ4n) is 5.19. The highest BCUT2D eigenvalue weighted by molar-refractivity contribution is 9.11. The van der Waals surface area contributed by atoms with Crippen molar-refractivity contribution in [1.82, 2.24) is 20.1 Å². The summed E-state index contributed by atoms with van der Waals surface area (Å²) >= 11 is 6.52. The Balaban J connectivity index is 1.48. The fraction of sp³-hybridized carbons (Fsp3) is 0.375. The lowest BCUT2D eigenvalue weighted by atomic mass is 9.73. The molecule has 14 heteroatoms. The van der Waals surface area contributed by atoms with Gasteiger partial charge in [-0.1, -0.05) is 0 Å². The SMILES string of the molecule is O=C(Cn1nc(C(F)(F)F)c2c1C(F)(F)[C@@H]1CC[C@H]21)N[C@@H](Cc1cc(F)cc(F)c1)c1nc(Br)ccc1Br. The summed E-state index contributed by atoms with van der Waals surface area (Å²) in [6.45, 7) is -0.924. The lowest BCUT2D eigenvalue weighted by Gasteiger charge is -2.34. The third-order valence-electron chi connectivity index (χ3n) is 6.84. The number of hydrogen-bond donors (Lipinski definition) is 1. The van der Waals surface area contributed by atoms with Crippen LogP contribution in [0.15, 0.2) is 39.4 Å². The standard InChI is InChI=1S/C24H17Br2F7N4O/c25-15-3-4-17(26)35-20(15)16(7-10-5-11(27)8-12(28)6-10)34-18(38)9-37-22-19(21(36-37)24(31,32)33)13-1-2-14(13)23(22,29)30/h3-6,8,13-14,16H,1-2,7,9H2,(H,34,38)/t13-,14+,16-/m0/s1. The summed E-state index contributed by atoms with van der Waals surface area (Å²) in [5.41, 5.74) is -2.45. The second kappa shape index (κ2) is 9.61. The van der Waals surface area contributed by atoms with Crippen LogP contribution in [0, 0.1) is 17.6 Å². The molecular formula is C24H17Br2F7N4O. The number of hydrogen-bond acceptors (Lipinski definition) is 3. The van der Waals surface area contributed by atoms with E-state index < -0.39 is 71.0 Å². The van der Waals surface area contributed by atoms with Gasteiger partial charge in [0, 0.05) is 22.0 Å². The molecule has 202 valence electrons. The molecule has 1 saturated carbocycles. The molecule has 0 bridgehead atoms. The van der Waals surface area contributed by atoms with Gasteiger partial charge >= 0.3 is 6.18 Å².